The highest BCUT2D eigenvalue weighted by atomic mass is 16.4. The van der Waals surface area contributed by atoms with Gasteiger partial charge in [0, 0.05) is 13.0 Å². The summed E-state index contributed by atoms with van der Waals surface area (Å²) in [5.41, 5.74) is 0. The summed E-state index contributed by atoms with van der Waals surface area (Å²) in [7, 11) is 0. The Morgan fingerprint density at radius 1 is 1.19 bits per heavy atom. The summed E-state index contributed by atoms with van der Waals surface area (Å²) < 4.78 is 0. The number of carboxylic acid groups (broad SMARTS) is 1. The van der Waals surface area contributed by atoms with Crippen molar-refractivity contribution in [2.24, 2.45) is 17.8 Å². The third kappa shape index (κ3) is 2.54. The molecule has 0 spiro atoms. The van der Waals surface area contributed by atoms with Crippen molar-refractivity contribution < 1.29 is 14.7 Å². The van der Waals surface area contributed by atoms with Crippen molar-refractivity contribution in [3.63, 3.8) is 0 Å². The van der Waals surface area contributed by atoms with Crippen LogP contribution in [0.5, 0.6) is 0 Å². The zero-order chi connectivity index (χ0) is 11.7. The van der Waals surface area contributed by atoms with E-state index in [4.69, 9.17) is 5.11 Å². The SMILES string of the molecule is CC(=O)NC1CCC([C@@H]2C[C@H]2C(=O)O)CC1. The number of hydrogen-bond donors (Lipinski definition) is 2. The summed E-state index contributed by atoms with van der Waals surface area (Å²) in [5, 5.41) is 11.8. The van der Waals surface area contributed by atoms with Gasteiger partial charge < -0.3 is 10.4 Å². The molecular formula is C12H19NO3. The van der Waals surface area contributed by atoms with Crippen LogP contribution in [0.3, 0.4) is 0 Å². The van der Waals surface area contributed by atoms with Gasteiger partial charge in [0.25, 0.3) is 0 Å². The molecule has 4 nitrogen and oxygen atoms in total. The number of rotatable bonds is 3. The zero-order valence-electron chi connectivity index (χ0n) is 9.61. The van der Waals surface area contributed by atoms with Crippen molar-refractivity contribution in [3.05, 3.63) is 0 Å². The van der Waals surface area contributed by atoms with Crippen molar-refractivity contribution >= 4 is 11.9 Å². The van der Waals surface area contributed by atoms with Crippen LogP contribution >= 0.6 is 0 Å². The first kappa shape index (κ1) is 11.4. The zero-order valence-corrected chi connectivity index (χ0v) is 9.61. The van der Waals surface area contributed by atoms with Crippen LogP contribution in [0.4, 0.5) is 0 Å². The van der Waals surface area contributed by atoms with Crippen LogP contribution in [0.25, 0.3) is 0 Å². The summed E-state index contributed by atoms with van der Waals surface area (Å²) in [4.78, 5) is 21.7. The molecule has 0 aromatic heterocycles. The Labute approximate surface area is 95.4 Å². The van der Waals surface area contributed by atoms with Gasteiger partial charge in [-0.15, -0.1) is 0 Å². The maximum Gasteiger partial charge on any atom is 0.306 e. The molecule has 2 aliphatic rings. The minimum atomic E-state index is -0.631. The fourth-order valence-corrected chi connectivity index (χ4v) is 3.00. The van der Waals surface area contributed by atoms with Gasteiger partial charge in [0.1, 0.15) is 0 Å². The molecule has 4 heteroatoms. The standard InChI is InChI=1S/C12H19NO3/c1-7(14)13-9-4-2-8(3-5-9)10-6-11(10)12(15)16/h8-11H,2-6H2,1H3,(H,13,14)(H,15,16)/t8?,9?,10-,11+/m0/s1. The molecule has 90 valence electrons. The van der Waals surface area contributed by atoms with Gasteiger partial charge in [0.05, 0.1) is 5.92 Å². The Morgan fingerprint density at radius 2 is 1.81 bits per heavy atom. The maximum atomic E-state index is 10.9. The van der Waals surface area contributed by atoms with Crippen molar-refractivity contribution in [1.82, 2.24) is 5.32 Å². The molecular weight excluding hydrogens is 206 g/mol. The van der Waals surface area contributed by atoms with E-state index in [0.29, 0.717) is 17.9 Å². The number of hydrogen-bond acceptors (Lipinski definition) is 2. The molecule has 16 heavy (non-hydrogen) atoms. The fourth-order valence-electron chi connectivity index (χ4n) is 3.00. The molecule has 2 atom stereocenters. The molecule has 0 radical (unpaired) electrons. The Hall–Kier alpha value is -1.06. The summed E-state index contributed by atoms with van der Waals surface area (Å²) in [6.45, 7) is 1.55. The second-order valence-corrected chi connectivity index (χ2v) is 5.16. The van der Waals surface area contributed by atoms with Gasteiger partial charge in [-0.3, -0.25) is 9.59 Å². The molecule has 2 rings (SSSR count). The summed E-state index contributed by atoms with van der Waals surface area (Å²) in [5.74, 6) is 0.316. The molecule has 0 saturated heterocycles. The van der Waals surface area contributed by atoms with Crippen LogP contribution in [-0.4, -0.2) is 23.0 Å². The van der Waals surface area contributed by atoms with E-state index in [9.17, 15) is 9.59 Å². The normalized spacial score (nSPS) is 37.8. The molecule has 0 bridgehead atoms. The van der Waals surface area contributed by atoms with E-state index in [1.165, 1.54) is 0 Å². The Kier molecular flexibility index (Phi) is 3.17. The highest BCUT2D eigenvalue weighted by molar-refractivity contribution is 5.73. The number of carboxylic acids is 1. The Morgan fingerprint density at radius 3 is 2.25 bits per heavy atom. The average molecular weight is 225 g/mol. The highest BCUT2D eigenvalue weighted by Gasteiger charge is 2.48. The highest BCUT2D eigenvalue weighted by Crippen LogP contribution is 2.49. The average Bonchev–Trinajstić information content (AvgIpc) is 2.97. The van der Waals surface area contributed by atoms with Crippen LogP contribution in [0, 0.1) is 17.8 Å². The first-order valence-electron chi connectivity index (χ1n) is 6.08. The van der Waals surface area contributed by atoms with Crippen molar-refractivity contribution in [3.8, 4) is 0 Å². The molecule has 0 aliphatic heterocycles. The van der Waals surface area contributed by atoms with Crippen molar-refractivity contribution in [1.29, 1.82) is 0 Å². The Bertz CT molecular complexity index is 295. The van der Waals surface area contributed by atoms with E-state index in [1.54, 1.807) is 6.92 Å². The lowest BCUT2D eigenvalue weighted by Gasteiger charge is -2.28. The van der Waals surface area contributed by atoms with E-state index >= 15 is 0 Å². The molecule has 0 unspecified atom stereocenters. The van der Waals surface area contributed by atoms with Gasteiger partial charge in [-0.25, -0.2) is 0 Å². The van der Waals surface area contributed by atoms with Crippen LogP contribution in [0.1, 0.15) is 39.0 Å². The number of carbonyl (C=O) groups is 2. The third-order valence-electron chi connectivity index (χ3n) is 3.94. The lowest BCUT2D eigenvalue weighted by atomic mass is 9.82. The lowest BCUT2D eigenvalue weighted by molar-refractivity contribution is -0.139. The minimum Gasteiger partial charge on any atom is -0.481 e. The smallest absolute Gasteiger partial charge is 0.306 e. The van der Waals surface area contributed by atoms with Gasteiger partial charge in [-0.2, -0.15) is 0 Å². The van der Waals surface area contributed by atoms with E-state index in [0.717, 1.165) is 32.1 Å². The summed E-state index contributed by atoms with van der Waals surface area (Å²) in [6.07, 6.45) is 5.02. The molecule has 2 saturated carbocycles. The molecule has 2 fully saturated rings. The number of nitrogens with one attached hydrogen (secondary N) is 1. The molecule has 1 amide bonds. The van der Waals surface area contributed by atoms with E-state index < -0.39 is 5.97 Å². The van der Waals surface area contributed by atoms with Gasteiger partial charge in [-0.1, -0.05) is 0 Å². The van der Waals surface area contributed by atoms with Gasteiger partial charge in [0.2, 0.25) is 5.91 Å². The van der Waals surface area contributed by atoms with E-state index in [-0.39, 0.29) is 11.8 Å². The van der Waals surface area contributed by atoms with Crippen molar-refractivity contribution in [2.45, 2.75) is 45.1 Å². The van der Waals surface area contributed by atoms with Crippen LogP contribution in [-0.2, 0) is 9.59 Å². The first-order valence-corrected chi connectivity index (χ1v) is 6.08. The maximum absolute atomic E-state index is 10.9. The van der Waals surface area contributed by atoms with Crippen LogP contribution < -0.4 is 5.32 Å². The van der Waals surface area contributed by atoms with Gasteiger partial charge >= 0.3 is 5.97 Å². The summed E-state index contributed by atoms with van der Waals surface area (Å²) >= 11 is 0. The third-order valence-corrected chi connectivity index (χ3v) is 3.94. The molecule has 0 aromatic carbocycles. The monoisotopic (exact) mass is 225 g/mol. The molecule has 0 aromatic rings. The van der Waals surface area contributed by atoms with Gasteiger partial charge in [0.15, 0.2) is 0 Å². The first-order chi connectivity index (χ1) is 7.58. The Balaban J connectivity index is 1.74. The van der Waals surface area contributed by atoms with Gasteiger partial charge in [-0.05, 0) is 43.9 Å². The second kappa shape index (κ2) is 4.44. The quantitative estimate of drug-likeness (QED) is 0.763. The lowest BCUT2D eigenvalue weighted by Crippen LogP contribution is -2.36. The number of amides is 1. The summed E-state index contributed by atoms with van der Waals surface area (Å²) in [6, 6.07) is 0.316. The topological polar surface area (TPSA) is 66.4 Å². The minimum absolute atomic E-state index is 0.0401. The van der Waals surface area contributed by atoms with Crippen LogP contribution in [0.15, 0.2) is 0 Å². The second-order valence-electron chi connectivity index (χ2n) is 5.16. The molecule has 0 heterocycles. The predicted molar refractivity (Wildman–Crippen MR) is 58.8 cm³/mol. The number of aliphatic carboxylic acids is 1. The van der Waals surface area contributed by atoms with Crippen LogP contribution in [0.2, 0.25) is 0 Å². The molecule has 2 aliphatic carbocycles. The number of carbonyl (C=O) groups excluding carboxylic acids is 1. The predicted octanol–water partition coefficient (Wildman–Crippen LogP) is 1.40. The van der Waals surface area contributed by atoms with Crippen molar-refractivity contribution in [2.75, 3.05) is 0 Å². The van der Waals surface area contributed by atoms with E-state index in [1.807, 2.05) is 0 Å². The van der Waals surface area contributed by atoms with E-state index in [2.05, 4.69) is 5.32 Å². The fraction of sp³-hybridized carbons (Fsp3) is 0.833. The molecule has 2 N–H and O–H groups in total. The largest absolute Gasteiger partial charge is 0.481 e.